The van der Waals surface area contributed by atoms with Crippen molar-refractivity contribution in [1.29, 1.82) is 0 Å². The lowest BCUT2D eigenvalue weighted by Gasteiger charge is -2.17. The molecule has 3 aromatic rings. The molecule has 2 aromatic carbocycles. The van der Waals surface area contributed by atoms with Crippen LogP contribution in [0.3, 0.4) is 0 Å². The lowest BCUT2D eigenvalue weighted by Crippen LogP contribution is -2.10. The van der Waals surface area contributed by atoms with Crippen molar-refractivity contribution < 1.29 is 5.11 Å². The maximum atomic E-state index is 9.47. The monoisotopic (exact) mass is 454 g/mol. The van der Waals surface area contributed by atoms with Crippen LogP contribution in [0.5, 0.6) is 0 Å². The van der Waals surface area contributed by atoms with E-state index in [1.54, 1.807) is 6.20 Å². The van der Waals surface area contributed by atoms with Crippen molar-refractivity contribution in [3.05, 3.63) is 64.3 Å². The lowest BCUT2D eigenvalue weighted by molar-refractivity contribution is 0.282. The minimum atomic E-state index is -0.375. The van der Waals surface area contributed by atoms with Gasteiger partial charge in [0, 0.05) is 11.4 Å². The molecule has 0 saturated carbocycles. The fourth-order valence-electron chi connectivity index (χ4n) is 3.91. The maximum absolute atomic E-state index is 9.47. The first kappa shape index (κ1) is 22.0. The van der Waals surface area contributed by atoms with Gasteiger partial charge in [0.05, 0.1) is 12.8 Å². The van der Waals surface area contributed by atoms with Gasteiger partial charge in [0.2, 0.25) is 5.95 Å². The van der Waals surface area contributed by atoms with E-state index in [1.807, 2.05) is 18.2 Å². The summed E-state index contributed by atoms with van der Waals surface area (Å²) in [5, 5.41) is 17.8. The van der Waals surface area contributed by atoms with E-state index in [0.717, 1.165) is 35.1 Å². The maximum Gasteiger partial charge on any atom is 0.229 e. The van der Waals surface area contributed by atoms with Crippen molar-refractivity contribution in [1.82, 2.24) is 9.97 Å². The molecule has 0 unspecified atom stereocenters. The van der Waals surface area contributed by atoms with Crippen LogP contribution < -0.4 is 15.9 Å². The summed E-state index contributed by atoms with van der Waals surface area (Å²) >= 11 is 6.40. The molecule has 1 aromatic heterocycles. The fraction of sp³-hybridized carbons (Fsp3) is 0.333. The van der Waals surface area contributed by atoms with Crippen LogP contribution in [-0.4, -0.2) is 28.4 Å². The quantitative estimate of drug-likeness (QED) is 0.327. The molecule has 31 heavy (non-hydrogen) atoms. The SMILES string of the molecule is CP(C)c1cc(CO)ccc1Nc1nc(Nc2ccc3c(c2)CCCCC3)ncc1Cl. The van der Waals surface area contributed by atoms with Gasteiger partial charge in [-0.3, -0.25) is 0 Å². The first-order valence-electron chi connectivity index (χ1n) is 10.6. The van der Waals surface area contributed by atoms with Crippen molar-refractivity contribution in [3.8, 4) is 0 Å². The molecule has 0 aliphatic heterocycles. The van der Waals surface area contributed by atoms with Crippen molar-refractivity contribution >= 4 is 48.0 Å². The third-order valence-electron chi connectivity index (χ3n) is 5.58. The van der Waals surface area contributed by atoms with Crippen molar-refractivity contribution in [2.24, 2.45) is 0 Å². The second-order valence-electron chi connectivity index (χ2n) is 8.09. The van der Waals surface area contributed by atoms with E-state index >= 15 is 0 Å². The largest absolute Gasteiger partial charge is 0.392 e. The molecule has 1 aliphatic carbocycles. The highest BCUT2D eigenvalue weighted by atomic mass is 35.5. The van der Waals surface area contributed by atoms with Gasteiger partial charge in [0.15, 0.2) is 5.82 Å². The molecule has 1 aliphatic rings. The number of aromatic nitrogens is 2. The number of fused-ring (bicyclic) bond motifs is 1. The Morgan fingerprint density at radius 2 is 1.81 bits per heavy atom. The molecule has 0 radical (unpaired) electrons. The second kappa shape index (κ2) is 9.95. The predicted molar refractivity (Wildman–Crippen MR) is 132 cm³/mol. The number of hydrogen-bond acceptors (Lipinski definition) is 5. The number of aryl methyl sites for hydroxylation is 2. The zero-order chi connectivity index (χ0) is 21.8. The summed E-state index contributed by atoms with van der Waals surface area (Å²) in [6.45, 7) is 4.40. The topological polar surface area (TPSA) is 70.1 Å². The molecule has 3 N–H and O–H groups in total. The smallest absolute Gasteiger partial charge is 0.229 e. The van der Waals surface area contributed by atoms with E-state index in [9.17, 15) is 5.11 Å². The van der Waals surface area contributed by atoms with Gasteiger partial charge < -0.3 is 15.7 Å². The number of hydrogen-bond donors (Lipinski definition) is 3. The van der Waals surface area contributed by atoms with Gasteiger partial charge in [0.1, 0.15) is 5.02 Å². The van der Waals surface area contributed by atoms with Gasteiger partial charge in [-0.25, -0.2) is 4.98 Å². The standard InChI is InChI=1S/C24H28ClN4OP/c1-31(2)22-12-16(15-30)8-11-21(22)28-23-20(25)14-26-24(29-23)27-19-10-9-17-6-4-3-5-7-18(17)13-19/h8-14,30H,3-7,15H2,1-2H3,(H2,26,27,28,29). The van der Waals surface area contributed by atoms with Gasteiger partial charge in [-0.2, -0.15) is 4.98 Å². The number of rotatable bonds is 6. The number of nitrogens with zero attached hydrogens (tertiary/aromatic N) is 2. The highest BCUT2D eigenvalue weighted by Gasteiger charge is 2.13. The van der Waals surface area contributed by atoms with Crippen LogP contribution in [0.25, 0.3) is 0 Å². The molecule has 4 rings (SSSR count). The van der Waals surface area contributed by atoms with Crippen LogP contribution in [0.2, 0.25) is 5.02 Å². The third kappa shape index (κ3) is 5.35. The molecule has 0 amide bonds. The minimum Gasteiger partial charge on any atom is -0.392 e. The van der Waals surface area contributed by atoms with E-state index in [2.05, 4.69) is 52.1 Å². The van der Waals surface area contributed by atoms with Crippen LogP contribution in [0.1, 0.15) is 36.0 Å². The predicted octanol–water partition coefficient (Wildman–Crippen LogP) is 5.75. The Morgan fingerprint density at radius 1 is 1.00 bits per heavy atom. The first-order chi connectivity index (χ1) is 15.0. The number of anilines is 4. The summed E-state index contributed by atoms with van der Waals surface area (Å²) in [4.78, 5) is 9.00. The van der Waals surface area contributed by atoms with Gasteiger partial charge in [-0.15, -0.1) is 0 Å². The third-order valence-corrected chi connectivity index (χ3v) is 7.19. The zero-order valence-corrected chi connectivity index (χ0v) is 19.6. The van der Waals surface area contributed by atoms with E-state index in [0.29, 0.717) is 16.8 Å². The summed E-state index contributed by atoms with van der Waals surface area (Å²) in [7, 11) is -0.375. The zero-order valence-electron chi connectivity index (χ0n) is 18.0. The summed E-state index contributed by atoms with van der Waals surface area (Å²) in [6, 6.07) is 12.5. The number of aliphatic hydroxyl groups is 1. The summed E-state index contributed by atoms with van der Waals surface area (Å²) in [6.07, 6.45) is 7.72. The van der Waals surface area contributed by atoms with Gasteiger partial charge in [-0.1, -0.05) is 38.1 Å². The van der Waals surface area contributed by atoms with Crippen molar-refractivity contribution in [3.63, 3.8) is 0 Å². The molecule has 162 valence electrons. The summed E-state index contributed by atoms with van der Waals surface area (Å²) in [5.41, 5.74) is 5.72. The van der Waals surface area contributed by atoms with Crippen LogP contribution in [0, 0.1) is 0 Å². The van der Waals surface area contributed by atoms with E-state index < -0.39 is 0 Å². The Labute approximate surface area is 190 Å². The van der Waals surface area contributed by atoms with Gasteiger partial charge >= 0.3 is 0 Å². The molecule has 7 heteroatoms. The fourth-order valence-corrected chi connectivity index (χ4v) is 5.09. The Morgan fingerprint density at radius 3 is 2.58 bits per heavy atom. The van der Waals surface area contributed by atoms with E-state index in [-0.39, 0.29) is 14.5 Å². The molecule has 0 saturated heterocycles. The van der Waals surface area contributed by atoms with Gasteiger partial charge in [0.25, 0.3) is 0 Å². The Bertz CT molecular complexity index is 1070. The Kier molecular flexibility index (Phi) is 7.06. The highest BCUT2D eigenvalue weighted by Crippen LogP contribution is 2.32. The van der Waals surface area contributed by atoms with Crippen molar-refractivity contribution in [2.45, 2.75) is 38.7 Å². The average molecular weight is 455 g/mol. The van der Waals surface area contributed by atoms with Crippen molar-refractivity contribution in [2.75, 3.05) is 24.0 Å². The molecule has 0 spiro atoms. The molecule has 1 heterocycles. The van der Waals surface area contributed by atoms with Crippen LogP contribution >= 0.6 is 19.5 Å². The lowest BCUT2D eigenvalue weighted by atomic mass is 10.0. The Hall–Kier alpha value is -2.20. The molecule has 0 fully saturated rings. The summed E-state index contributed by atoms with van der Waals surface area (Å²) < 4.78 is 0. The van der Waals surface area contributed by atoms with Gasteiger partial charge in [-0.05, 0) is 85.3 Å². The molecular weight excluding hydrogens is 427 g/mol. The molecule has 0 atom stereocenters. The molecule has 0 bridgehead atoms. The van der Waals surface area contributed by atoms with Crippen LogP contribution in [-0.2, 0) is 19.4 Å². The van der Waals surface area contributed by atoms with E-state index in [1.165, 1.54) is 30.4 Å². The second-order valence-corrected chi connectivity index (χ2v) is 10.8. The number of halogens is 1. The normalized spacial score (nSPS) is 13.6. The van der Waals surface area contributed by atoms with Crippen LogP contribution in [0.15, 0.2) is 42.6 Å². The number of aliphatic hydroxyl groups excluding tert-OH is 1. The number of benzene rings is 2. The first-order valence-corrected chi connectivity index (χ1v) is 13.2. The summed E-state index contributed by atoms with van der Waals surface area (Å²) in [5.74, 6) is 1.06. The number of nitrogens with one attached hydrogen (secondary N) is 2. The Balaban J connectivity index is 1.58. The van der Waals surface area contributed by atoms with Crippen LogP contribution in [0.4, 0.5) is 23.1 Å². The molecular formula is C24H28ClN4OP. The average Bonchev–Trinajstić information content (AvgIpc) is 3.01. The minimum absolute atomic E-state index is 0.0273. The van der Waals surface area contributed by atoms with E-state index in [4.69, 9.17) is 11.6 Å². The highest BCUT2D eigenvalue weighted by molar-refractivity contribution is 7.64. The molecule has 5 nitrogen and oxygen atoms in total.